The summed E-state index contributed by atoms with van der Waals surface area (Å²) in [7, 11) is -3.72. The van der Waals surface area contributed by atoms with Crippen molar-refractivity contribution in [2.45, 2.75) is 38.1 Å². The van der Waals surface area contributed by atoms with E-state index in [1.165, 1.54) is 11.2 Å². The highest BCUT2D eigenvalue weighted by Crippen LogP contribution is 2.27. The van der Waals surface area contributed by atoms with Gasteiger partial charge in [0.15, 0.2) is 0 Å². The van der Waals surface area contributed by atoms with E-state index in [0.29, 0.717) is 13.1 Å². The molecule has 1 fully saturated rings. The van der Waals surface area contributed by atoms with E-state index in [1.807, 2.05) is 0 Å². The molecule has 2 rings (SSSR count). The lowest BCUT2D eigenvalue weighted by molar-refractivity contribution is 0.0661. The first kappa shape index (κ1) is 17.0. The van der Waals surface area contributed by atoms with E-state index < -0.39 is 16.0 Å². The molecule has 1 aromatic rings. The second-order valence-corrected chi connectivity index (χ2v) is 7.27. The van der Waals surface area contributed by atoms with E-state index in [-0.39, 0.29) is 22.5 Å². The van der Waals surface area contributed by atoms with Crippen molar-refractivity contribution < 1.29 is 22.7 Å². The number of carbonyl (C=O) groups is 1. The predicted octanol–water partition coefficient (Wildman–Crippen LogP) is 1.39. The molecule has 1 N–H and O–H groups in total. The fourth-order valence-electron chi connectivity index (χ4n) is 2.93. The molecule has 0 saturated carbocycles. The van der Waals surface area contributed by atoms with Crippen molar-refractivity contribution in [3.8, 4) is 0 Å². The Balaban J connectivity index is 2.23. The second kappa shape index (κ2) is 6.39. The van der Waals surface area contributed by atoms with Crippen molar-refractivity contribution in [2.24, 2.45) is 0 Å². The third-order valence-corrected chi connectivity index (χ3v) is 6.13. The van der Waals surface area contributed by atoms with E-state index in [4.69, 9.17) is 9.52 Å². The molecule has 0 bridgehead atoms. The molecular weight excluding hydrogens is 308 g/mol. The highest BCUT2D eigenvalue weighted by molar-refractivity contribution is 7.89. The van der Waals surface area contributed by atoms with Gasteiger partial charge in [0.1, 0.15) is 10.7 Å². The number of carboxylic acids is 1. The third-order valence-electron chi connectivity index (χ3n) is 4.16. The highest BCUT2D eigenvalue weighted by atomic mass is 32.2. The van der Waals surface area contributed by atoms with E-state index in [9.17, 15) is 13.2 Å². The summed E-state index contributed by atoms with van der Waals surface area (Å²) in [6.45, 7) is 8.21. The Kier molecular flexibility index (Phi) is 4.93. The minimum absolute atomic E-state index is 0.0508. The minimum atomic E-state index is -3.72. The molecule has 7 nitrogen and oxygen atoms in total. The maximum Gasteiger partial charge on any atom is 0.371 e. The molecule has 1 unspecified atom stereocenters. The number of aromatic carboxylic acids is 1. The number of furan rings is 1. The quantitative estimate of drug-likeness (QED) is 0.847. The fourth-order valence-corrected chi connectivity index (χ4v) is 4.59. The molecular formula is C14H22N2O5S. The first-order valence-corrected chi connectivity index (χ1v) is 8.83. The van der Waals surface area contributed by atoms with Gasteiger partial charge in [0.2, 0.25) is 15.8 Å². The monoisotopic (exact) mass is 330 g/mol. The Morgan fingerprint density at radius 3 is 2.59 bits per heavy atom. The maximum atomic E-state index is 12.7. The van der Waals surface area contributed by atoms with Crippen molar-refractivity contribution in [1.29, 1.82) is 0 Å². The lowest BCUT2D eigenvalue weighted by atomic mass is 10.2. The zero-order valence-corrected chi connectivity index (χ0v) is 13.9. The lowest BCUT2D eigenvalue weighted by Crippen LogP contribution is -2.38. The van der Waals surface area contributed by atoms with Gasteiger partial charge in [-0.05, 0) is 26.4 Å². The van der Waals surface area contributed by atoms with Crippen LogP contribution in [0.5, 0.6) is 0 Å². The Morgan fingerprint density at radius 1 is 1.45 bits per heavy atom. The number of hydrogen-bond acceptors (Lipinski definition) is 5. The fraction of sp³-hybridized carbons (Fsp3) is 0.643. The number of likely N-dealkylation sites (N-methyl/N-ethyl adjacent to an activating group) is 1. The van der Waals surface area contributed by atoms with Crippen LogP contribution in [0.2, 0.25) is 0 Å². The van der Waals surface area contributed by atoms with Crippen LogP contribution in [-0.4, -0.2) is 60.9 Å². The van der Waals surface area contributed by atoms with Crippen LogP contribution in [0, 0.1) is 6.92 Å². The van der Waals surface area contributed by atoms with Gasteiger partial charge < -0.3 is 9.52 Å². The van der Waals surface area contributed by atoms with E-state index >= 15 is 0 Å². The molecule has 1 aromatic heterocycles. The summed E-state index contributed by atoms with van der Waals surface area (Å²) in [5, 5.41) is 8.92. The highest BCUT2D eigenvalue weighted by Gasteiger charge is 2.36. The molecule has 1 saturated heterocycles. The maximum absolute atomic E-state index is 12.7. The molecule has 0 spiro atoms. The van der Waals surface area contributed by atoms with Gasteiger partial charge in [-0.25, -0.2) is 13.2 Å². The molecule has 0 radical (unpaired) electrons. The van der Waals surface area contributed by atoms with Gasteiger partial charge in [-0.3, -0.25) is 4.90 Å². The average molecular weight is 330 g/mol. The molecule has 22 heavy (non-hydrogen) atoms. The largest absolute Gasteiger partial charge is 0.475 e. The summed E-state index contributed by atoms with van der Waals surface area (Å²) < 4.78 is 31.8. The van der Waals surface area contributed by atoms with Crippen LogP contribution in [0.1, 0.15) is 36.6 Å². The predicted molar refractivity (Wildman–Crippen MR) is 80.5 cm³/mol. The van der Waals surface area contributed by atoms with Crippen LogP contribution < -0.4 is 0 Å². The third kappa shape index (κ3) is 3.04. The zero-order valence-electron chi connectivity index (χ0n) is 13.1. The van der Waals surface area contributed by atoms with Gasteiger partial charge >= 0.3 is 5.97 Å². The van der Waals surface area contributed by atoms with E-state index in [0.717, 1.165) is 25.6 Å². The van der Waals surface area contributed by atoms with Crippen molar-refractivity contribution >= 4 is 16.0 Å². The van der Waals surface area contributed by atoms with Crippen LogP contribution in [0.3, 0.4) is 0 Å². The number of rotatable bonds is 6. The molecule has 0 aromatic carbocycles. The summed E-state index contributed by atoms with van der Waals surface area (Å²) in [6.07, 6.45) is 0.781. The number of aryl methyl sites for hydroxylation is 1. The number of carboxylic acid groups (broad SMARTS) is 1. The van der Waals surface area contributed by atoms with Crippen molar-refractivity contribution in [1.82, 2.24) is 9.21 Å². The summed E-state index contributed by atoms with van der Waals surface area (Å²) in [6, 6.07) is 1.30. The Bertz CT molecular complexity index is 648. The number of hydrogen-bond donors (Lipinski definition) is 1. The van der Waals surface area contributed by atoms with Gasteiger partial charge in [-0.1, -0.05) is 13.8 Å². The van der Waals surface area contributed by atoms with Crippen LogP contribution in [0.25, 0.3) is 0 Å². The summed E-state index contributed by atoms with van der Waals surface area (Å²) >= 11 is 0. The minimum Gasteiger partial charge on any atom is -0.475 e. The first-order valence-electron chi connectivity index (χ1n) is 7.39. The van der Waals surface area contributed by atoms with Crippen molar-refractivity contribution in [3.05, 3.63) is 17.6 Å². The number of sulfonamides is 1. The SMILES string of the molecule is CCN(CC)C1CCN(S(=O)(=O)c2cc(C(=O)O)oc2C)C1. The summed E-state index contributed by atoms with van der Waals surface area (Å²) in [5.74, 6) is -1.51. The summed E-state index contributed by atoms with van der Waals surface area (Å²) in [5.41, 5.74) is 0. The molecule has 2 heterocycles. The zero-order chi connectivity index (χ0) is 16.5. The molecule has 1 atom stereocenters. The summed E-state index contributed by atoms with van der Waals surface area (Å²) in [4.78, 5) is 13.1. The normalized spacial score (nSPS) is 19.9. The van der Waals surface area contributed by atoms with Crippen LogP contribution >= 0.6 is 0 Å². The molecule has 0 amide bonds. The molecule has 1 aliphatic heterocycles. The van der Waals surface area contributed by atoms with Gasteiger partial charge in [0.25, 0.3) is 0 Å². The molecule has 0 aliphatic carbocycles. The van der Waals surface area contributed by atoms with Crippen LogP contribution in [0.15, 0.2) is 15.4 Å². The number of nitrogens with zero attached hydrogens (tertiary/aromatic N) is 2. The van der Waals surface area contributed by atoms with E-state index in [1.54, 1.807) is 0 Å². The topological polar surface area (TPSA) is 91.1 Å². The standard InChI is InChI=1S/C14H22N2O5S/c1-4-15(5-2)11-6-7-16(9-11)22(19,20)13-8-12(14(17)18)21-10(13)3/h8,11H,4-7,9H2,1-3H3,(H,17,18). The molecule has 8 heteroatoms. The first-order chi connectivity index (χ1) is 10.3. The van der Waals surface area contributed by atoms with Gasteiger partial charge in [-0.15, -0.1) is 0 Å². The van der Waals surface area contributed by atoms with Crippen LogP contribution in [-0.2, 0) is 10.0 Å². The Hall–Kier alpha value is -1.38. The lowest BCUT2D eigenvalue weighted by Gasteiger charge is -2.25. The van der Waals surface area contributed by atoms with Crippen molar-refractivity contribution in [3.63, 3.8) is 0 Å². The smallest absolute Gasteiger partial charge is 0.371 e. The van der Waals surface area contributed by atoms with E-state index in [2.05, 4.69) is 18.7 Å². The van der Waals surface area contributed by atoms with Crippen molar-refractivity contribution in [2.75, 3.05) is 26.2 Å². The molecule has 1 aliphatic rings. The Morgan fingerprint density at radius 2 is 2.09 bits per heavy atom. The Labute approximate surface area is 130 Å². The van der Waals surface area contributed by atoms with Gasteiger partial charge in [0, 0.05) is 25.2 Å². The average Bonchev–Trinajstić information content (AvgIpc) is 3.07. The molecule has 124 valence electrons. The van der Waals surface area contributed by atoms with Gasteiger partial charge in [0.05, 0.1) is 0 Å². The van der Waals surface area contributed by atoms with Gasteiger partial charge in [-0.2, -0.15) is 4.31 Å². The van der Waals surface area contributed by atoms with Crippen LogP contribution in [0.4, 0.5) is 0 Å². The second-order valence-electron chi connectivity index (χ2n) is 5.36.